The van der Waals surface area contributed by atoms with Crippen LogP contribution < -0.4 is 0 Å². The average Bonchev–Trinajstić information content (AvgIpc) is 2.98. The molecule has 1 aliphatic rings. The fourth-order valence-corrected chi connectivity index (χ4v) is 3.30. The van der Waals surface area contributed by atoms with Crippen LogP contribution in [-0.4, -0.2) is 24.2 Å². The van der Waals surface area contributed by atoms with Crippen molar-refractivity contribution in [3.05, 3.63) is 16.1 Å². The van der Waals surface area contributed by atoms with Crippen molar-refractivity contribution < 1.29 is 14.3 Å². The molecule has 0 aliphatic carbocycles. The molecule has 1 aliphatic heterocycles. The lowest BCUT2D eigenvalue weighted by molar-refractivity contribution is -0.148. The second-order valence-corrected chi connectivity index (χ2v) is 6.42. The van der Waals surface area contributed by atoms with E-state index in [1.807, 2.05) is 26.2 Å². The number of carbonyl (C=O) groups is 1. The van der Waals surface area contributed by atoms with Gasteiger partial charge in [-0.25, -0.2) is 4.98 Å². The van der Waals surface area contributed by atoms with Gasteiger partial charge in [0.25, 0.3) is 0 Å². The van der Waals surface area contributed by atoms with Crippen molar-refractivity contribution in [3.63, 3.8) is 0 Å². The predicted molar refractivity (Wildman–Crippen MR) is 74.3 cm³/mol. The third kappa shape index (κ3) is 2.67. The molecule has 1 unspecified atom stereocenters. The van der Waals surface area contributed by atoms with Gasteiger partial charge in [0.05, 0.1) is 12.3 Å². The molecule has 0 spiro atoms. The molecular formula is C14H21NO3S. The summed E-state index contributed by atoms with van der Waals surface area (Å²) in [5.74, 6) is -0.232. The minimum Gasteiger partial charge on any atom is -0.465 e. The van der Waals surface area contributed by atoms with E-state index in [0.29, 0.717) is 6.61 Å². The molecule has 0 aromatic carbocycles. The fraction of sp³-hybridized carbons (Fsp3) is 0.714. The zero-order valence-corrected chi connectivity index (χ0v) is 12.8. The number of rotatable bonds is 4. The number of esters is 1. The van der Waals surface area contributed by atoms with Crippen LogP contribution in [0.2, 0.25) is 0 Å². The van der Waals surface area contributed by atoms with Gasteiger partial charge in [0.2, 0.25) is 0 Å². The topological polar surface area (TPSA) is 48.4 Å². The summed E-state index contributed by atoms with van der Waals surface area (Å²) in [6.45, 7) is 8.75. The van der Waals surface area contributed by atoms with E-state index >= 15 is 0 Å². The van der Waals surface area contributed by atoms with Crippen LogP contribution in [0.25, 0.3) is 0 Å². The molecule has 1 aromatic rings. The van der Waals surface area contributed by atoms with Crippen molar-refractivity contribution >= 4 is 17.3 Å². The summed E-state index contributed by atoms with van der Waals surface area (Å²) >= 11 is 1.56. The quantitative estimate of drug-likeness (QED) is 0.797. The van der Waals surface area contributed by atoms with Crippen LogP contribution in [0.5, 0.6) is 0 Å². The molecule has 4 nitrogen and oxygen atoms in total. The number of thiazole rings is 1. The standard InChI is InChI=1S/C14H21NO3S/c1-5-17-12(16)13(2,3)10-9-19-11(15-10)14(4)7-6-8-18-14/h9H,5-8H2,1-4H3. The Bertz CT molecular complexity index is 461. The Labute approximate surface area is 118 Å². The minimum atomic E-state index is -0.709. The highest BCUT2D eigenvalue weighted by Gasteiger charge is 2.38. The van der Waals surface area contributed by atoms with Gasteiger partial charge < -0.3 is 9.47 Å². The van der Waals surface area contributed by atoms with Gasteiger partial charge in [0.15, 0.2) is 0 Å². The SMILES string of the molecule is CCOC(=O)C(C)(C)c1csc(C2(C)CCCO2)n1. The smallest absolute Gasteiger partial charge is 0.317 e. The van der Waals surface area contributed by atoms with Gasteiger partial charge >= 0.3 is 5.97 Å². The lowest BCUT2D eigenvalue weighted by atomic mass is 9.90. The van der Waals surface area contributed by atoms with E-state index in [0.717, 1.165) is 30.2 Å². The van der Waals surface area contributed by atoms with Crippen molar-refractivity contribution in [3.8, 4) is 0 Å². The number of carbonyl (C=O) groups excluding carboxylic acids is 1. The molecule has 5 heteroatoms. The molecule has 0 N–H and O–H groups in total. The summed E-state index contributed by atoms with van der Waals surface area (Å²) in [7, 11) is 0. The highest BCUT2D eigenvalue weighted by molar-refractivity contribution is 7.09. The summed E-state index contributed by atoms with van der Waals surface area (Å²) in [5, 5.41) is 2.90. The largest absolute Gasteiger partial charge is 0.465 e. The van der Waals surface area contributed by atoms with Crippen LogP contribution in [0.1, 0.15) is 51.2 Å². The maximum atomic E-state index is 12.0. The Morgan fingerprint density at radius 2 is 2.37 bits per heavy atom. The molecule has 106 valence electrons. The van der Waals surface area contributed by atoms with Gasteiger partial charge in [-0.1, -0.05) is 0 Å². The first-order valence-corrected chi connectivity index (χ1v) is 7.56. The fourth-order valence-electron chi connectivity index (χ4n) is 2.17. The second-order valence-electron chi connectivity index (χ2n) is 5.57. The second kappa shape index (κ2) is 5.21. The molecule has 2 heterocycles. The van der Waals surface area contributed by atoms with E-state index in [1.165, 1.54) is 0 Å². The first-order valence-electron chi connectivity index (χ1n) is 6.68. The number of hydrogen-bond acceptors (Lipinski definition) is 5. The van der Waals surface area contributed by atoms with Crippen molar-refractivity contribution in [1.82, 2.24) is 4.98 Å². The van der Waals surface area contributed by atoms with Gasteiger partial charge in [-0.2, -0.15) is 0 Å². The van der Waals surface area contributed by atoms with Crippen LogP contribution in [0.15, 0.2) is 5.38 Å². The third-order valence-corrected chi connectivity index (χ3v) is 4.69. The molecule has 0 radical (unpaired) electrons. The molecule has 0 bridgehead atoms. The molecule has 19 heavy (non-hydrogen) atoms. The normalized spacial score (nSPS) is 23.6. The van der Waals surface area contributed by atoms with Crippen LogP contribution in [0.3, 0.4) is 0 Å². The number of aromatic nitrogens is 1. The maximum Gasteiger partial charge on any atom is 0.317 e. The van der Waals surface area contributed by atoms with Crippen LogP contribution >= 0.6 is 11.3 Å². The van der Waals surface area contributed by atoms with Gasteiger partial charge in [0, 0.05) is 12.0 Å². The zero-order valence-electron chi connectivity index (χ0n) is 12.0. The lowest BCUT2D eigenvalue weighted by Gasteiger charge is -2.22. The lowest BCUT2D eigenvalue weighted by Crippen LogP contribution is -2.32. The summed E-state index contributed by atoms with van der Waals surface area (Å²) in [4.78, 5) is 16.6. The number of hydrogen-bond donors (Lipinski definition) is 0. The van der Waals surface area contributed by atoms with Gasteiger partial charge in [0.1, 0.15) is 16.0 Å². The Kier molecular flexibility index (Phi) is 3.97. The zero-order chi connectivity index (χ0) is 14.1. The average molecular weight is 283 g/mol. The van der Waals surface area contributed by atoms with Gasteiger partial charge in [-0.15, -0.1) is 11.3 Å². The Balaban J connectivity index is 2.23. The van der Waals surface area contributed by atoms with Gasteiger partial charge in [-0.3, -0.25) is 4.79 Å². The Hall–Kier alpha value is -0.940. The molecule has 1 saturated heterocycles. The Morgan fingerprint density at radius 3 is 2.95 bits per heavy atom. The van der Waals surface area contributed by atoms with Crippen LogP contribution in [0, 0.1) is 0 Å². The molecule has 0 saturated carbocycles. The highest BCUT2D eigenvalue weighted by atomic mass is 32.1. The number of ether oxygens (including phenoxy) is 2. The van der Waals surface area contributed by atoms with E-state index in [-0.39, 0.29) is 11.6 Å². The van der Waals surface area contributed by atoms with E-state index in [9.17, 15) is 4.79 Å². The summed E-state index contributed by atoms with van der Waals surface area (Å²) in [6, 6.07) is 0. The molecule has 1 aromatic heterocycles. The van der Waals surface area contributed by atoms with Crippen LogP contribution in [-0.2, 0) is 25.3 Å². The highest BCUT2D eigenvalue weighted by Crippen LogP contribution is 2.39. The van der Waals surface area contributed by atoms with E-state index in [4.69, 9.17) is 9.47 Å². The van der Waals surface area contributed by atoms with Crippen molar-refractivity contribution in [1.29, 1.82) is 0 Å². The molecular weight excluding hydrogens is 262 g/mol. The van der Waals surface area contributed by atoms with Crippen molar-refractivity contribution in [2.45, 2.75) is 51.6 Å². The summed E-state index contributed by atoms with van der Waals surface area (Å²) < 4.78 is 10.9. The molecule has 1 atom stereocenters. The summed E-state index contributed by atoms with van der Waals surface area (Å²) in [5.41, 5.74) is -0.226. The predicted octanol–water partition coefficient (Wildman–Crippen LogP) is 3.01. The number of nitrogens with zero attached hydrogens (tertiary/aromatic N) is 1. The molecule has 2 rings (SSSR count). The maximum absolute atomic E-state index is 12.0. The van der Waals surface area contributed by atoms with Crippen molar-refractivity contribution in [2.24, 2.45) is 0 Å². The third-order valence-electron chi connectivity index (χ3n) is 3.60. The van der Waals surface area contributed by atoms with E-state index in [1.54, 1.807) is 11.3 Å². The van der Waals surface area contributed by atoms with Crippen molar-refractivity contribution in [2.75, 3.05) is 13.2 Å². The van der Waals surface area contributed by atoms with E-state index < -0.39 is 5.41 Å². The molecule has 1 fully saturated rings. The molecule has 0 amide bonds. The Morgan fingerprint density at radius 1 is 1.63 bits per heavy atom. The minimum absolute atomic E-state index is 0.232. The first-order chi connectivity index (χ1) is 8.90. The monoisotopic (exact) mass is 283 g/mol. The summed E-state index contributed by atoms with van der Waals surface area (Å²) in [6.07, 6.45) is 2.05. The van der Waals surface area contributed by atoms with Crippen LogP contribution in [0.4, 0.5) is 0 Å². The van der Waals surface area contributed by atoms with Gasteiger partial charge in [-0.05, 0) is 40.5 Å². The van der Waals surface area contributed by atoms with E-state index in [2.05, 4.69) is 11.9 Å². The first kappa shape index (κ1) is 14.5.